The summed E-state index contributed by atoms with van der Waals surface area (Å²) in [6.45, 7) is 8.17. The van der Waals surface area contributed by atoms with Crippen LogP contribution in [0.3, 0.4) is 0 Å². The van der Waals surface area contributed by atoms with Gasteiger partial charge in [0.2, 0.25) is 0 Å². The smallest absolute Gasteiger partial charge is 0.410 e. The van der Waals surface area contributed by atoms with Crippen molar-refractivity contribution in [3.63, 3.8) is 0 Å². The van der Waals surface area contributed by atoms with Gasteiger partial charge in [0.25, 0.3) is 0 Å². The molecule has 1 aliphatic heterocycles. The molecule has 0 saturated carbocycles. The standard InChI is InChI=1S/C17H22BrClFNO3/c1-10-8-21(16(22)24-17(2,3)4)9-12(23-10)7-13-14(18)5-11(19)6-15(13)20/h5-6,10,12H,7-9H2,1-4H3/t10-,12?/m0/s1. The van der Waals surface area contributed by atoms with E-state index in [1.807, 2.05) is 27.7 Å². The topological polar surface area (TPSA) is 38.8 Å². The van der Waals surface area contributed by atoms with Gasteiger partial charge in [-0.05, 0) is 39.8 Å². The molecule has 1 heterocycles. The second-order valence-electron chi connectivity index (χ2n) is 7.01. The number of hydrogen-bond donors (Lipinski definition) is 0. The molecule has 2 atom stereocenters. The number of morpholine rings is 1. The van der Waals surface area contributed by atoms with Gasteiger partial charge in [-0.15, -0.1) is 0 Å². The summed E-state index contributed by atoms with van der Waals surface area (Å²) in [4.78, 5) is 13.9. The molecular formula is C17H22BrClFNO3. The third kappa shape index (κ3) is 5.33. The molecule has 2 rings (SSSR count). The number of carbonyl (C=O) groups excluding carboxylic acids is 1. The summed E-state index contributed by atoms with van der Waals surface area (Å²) >= 11 is 9.18. The number of hydrogen-bond acceptors (Lipinski definition) is 3. The molecule has 0 N–H and O–H groups in total. The zero-order valence-corrected chi connectivity index (χ0v) is 16.6. The number of amides is 1. The van der Waals surface area contributed by atoms with Gasteiger partial charge < -0.3 is 14.4 Å². The Hall–Kier alpha value is -0.850. The number of nitrogens with zero attached hydrogens (tertiary/aromatic N) is 1. The molecular weight excluding hydrogens is 401 g/mol. The Kier molecular flexibility index (Phi) is 6.15. The first kappa shape index (κ1) is 19.5. The van der Waals surface area contributed by atoms with E-state index in [2.05, 4.69) is 15.9 Å². The average Bonchev–Trinajstić information content (AvgIpc) is 2.40. The van der Waals surface area contributed by atoms with Crippen molar-refractivity contribution >= 4 is 33.6 Å². The average molecular weight is 423 g/mol. The van der Waals surface area contributed by atoms with E-state index in [9.17, 15) is 9.18 Å². The van der Waals surface area contributed by atoms with Crippen molar-refractivity contribution in [2.75, 3.05) is 13.1 Å². The summed E-state index contributed by atoms with van der Waals surface area (Å²) in [5, 5.41) is 0.330. The molecule has 0 aromatic heterocycles. The van der Waals surface area contributed by atoms with Crippen LogP contribution in [0.2, 0.25) is 5.02 Å². The van der Waals surface area contributed by atoms with Gasteiger partial charge in [-0.3, -0.25) is 0 Å². The molecule has 134 valence electrons. The highest BCUT2D eigenvalue weighted by molar-refractivity contribution is 9.10. The predicted octanol–water partition coefficient (Wildman–Crippen LogP) is 4.81. The normalized spacial score (nSPS) is 21.7. The predicted molar refractivity (Wildman–Crippen MR) is 95.0 cm³/mol. The first-order chi connectivity index (χ1) is 11.0. The van der Waals surface area contributed by atoms with Gasteiger partial charge >= 0.3 is 6.09 Å². The Balaban J connectivity index is 2.10. The molecule has 0 bridgehead atoms. The maximum Gasteiger partial charge on any atom is 0.410 e. The molecule has 1 fully saturated rings. The fourth-order valence-electron chi connectivity index (χ4n) is 2.63. The molecule has 0 spiro atoms. The zero-order valence-electron chi connectivity index (χ0n) is 14.2. The second kappa shape index (κ2) is 7.58. The van der Waals surface area contributed by atoms with Crippen LogP contribution in [0, 0.1) is 5.82 Å². The minimum Gasteiger partial charge on any atom is -0.444 e. The van der Waals surface area contributed by atoms with Crippen molar-refractivity contribution in [2.24, 2.45) is 0 Å². The Labute approximate surface area is 155 Å². The highest BCUT2D eigenvalue weighted by Gasteiger charge is 2.32. The molecule has 7 heteroatoms. The van der Waals surface area contributed by atoms with Crippen LogP contribution in [0.4, 0.5) is 9.18 Å². The third-order valence-corrected chi connectivity index (χ3v) is 4.44. The zero-order chi connectivity index (χ0) is 18.1. The lowest BCUT2D eigenvalue weighted by Gasteiger charge is -2.37. The Morgan fingerprint density at radius 2 is 2.12 bits per heavy atom. The van der Waals surface area contributed by atoms with E-state index in [-0.39, 0.29) is 24.1 Å². The van der Waals surface area contributed by atoms with E-state index in [4.69, 9.17) is 21.1 Å². The van der Waals surface area contributed by atoms with Crippen LogP contribution in [-0.2, 0) is 15.9 Å². The summed E-state index contributed by atoms with van der Waals surface area (Å²) in [6.07, 6.45) is -0.496. The van der Waals surface area contributed by atoms with E-state index in [0.717, 1.165) is 0 Å². The molecule has 4 nitrogen and oxygen atoms in total. The number of benzene rings is 1. The summed E-state index contributed by atoms with van der Waals surface area (Å²) in [7, 11) is 0. The highest BCUT2D eigenvalue weighted by atomic mass is 79.9. The van der Waals surface area contributed by atoms with Crippen molar-refractivity contribution < 1.29 is 18.7 Å². The Bertz CT molecular complexity index is 597. The minimum atomic E-state index is -0.556. The fourth-order valence-corrected chi connectivity index (χ4v) is 3.56. The number of halogens is 3. The van der Waals surface area contributed by atoms with Gasteiger partial charge in [-0.1, -0.05) is 27.5 Å². The number of rotatable bonds is 2. The first-order valence-corrected chi connectivity index (χ1v) is 8.99. The molecule has 1 aromatic carbocycles. The SMILES string of the molecule is C[C@H]1CN(C(=O)OC(C)(C)C)CC(Cc2c(F)cc(Cl)cc2Br)O1. The van der Waals surface area contributed by atoms with Crippen LogP contribution >= 0.6 is 27.5 Å². The fraction of sp³-hybridized carbons (Fsp3) is 0.588. The van der Waals surface area contributed by atoms with Crippen LogP contribution < -0.4 is 0 Å². The lowest BCUT2D eigenvalue weighted by molar-refractivity contribution is -0.0794. The van der Waals surface area contributed by atoms with E-state index in [0.29, 0.717) is 34.6 Å². The van der Waals surface area contributed by atoms with Crippen LogP contribution in [0.15, 0.2) is 16.6 Å². The maximum atomic E-state index is 14.2. The highest BCUT2D eigenvalue weighted by Crippen LogP contribution is 2.28. The summed E-state index contributed by atoms with van der Waals surface area (Å²) in [6, 6.07) is 2.93. The van der Waals surface area contributed by atoms with Crippen molar-refractivity contribution in [2.45, 2.75) is 51.9 Å². The number of carbonyl (C=O) groups is 1. The molecule has 0 aliphatic carbocycles. The number of ether oxygens (including phenoxy) is 2. The van der Waals surface area contributed by atoms with Gasteiger partial charge in [0, 0.05) is 21.5 Å². The first-order valence-electron chi connectivity index (χ1n) is 7.82. The minimum absolute atomic E-state index is 0.148. The lowest BCUT2D eigenvalue weighted by atomic mass is 10.1. The summed E-state index contributed by atoms with van der Waals surface area (Å²) < 4.78 is 26.1. The molecule has 1 aromatic rings. The molecule has 1 saturated heterocycles. The second-order valence-corrected chi connectivity index (χ2v) is 8.30. The third-order valence-electron chi connectivity index (χ3n) is 3.52. The van der Waals surface area contributed by atoms with Crippen molar-refractivity contribution in [3.8, 4) is 0 Å². The monoisotopic (exact) mass is 421 g/mol. The lowest BCUT2D eigenvalue weighted by Crippen LogP contribution is -2.51. The molecule has 24 heavy (non-hydrogen) atoms. The van der Waals surface area contributed by atoms with Crippen LogP contribution in [0.1, 0.15) is 33.3 Å². The Morgan fingerprint density at radius 1 is 1.46 bits per heavy atom. The van der Waals surface area contributed by atoms with Crippen LogP contribution in [-0.4, -0.2) is 41.9 Å². The Morgan fingerprint density at radius 3 is 2.71 bits per heavy atom. The van der Waals surface area contributed by atoms with Gasteiger partial charge in [0.1, 0.15) is 11.4 Å². The van der Waals surface area contributed by atoms with Crippen molar-refractivity contribution in [3.05, 3.63) is 33.0 Å². The van der Waals surface area contributed by atoms with Gasteiger partial charge in [0.05, 0.1) is 25.3 Å². The van der Waals surface area contributed by atoms with E-state index >= 15 is 0 Å². The summed E-state index contributed by atoms with van der Waals surface area (Å²) in [5.74, 6) is -0.389. The van der Waals surface area contributed by atoms with Gasteiger partial charge in [-0.25, -0.2) is 9.18 Å². The van der Waals surface area contributed by atoms with Crippen molar-refractivity contribution in [1.82, 2.24) is 4.90 Å². The van der Waals surface area contributed by atoms with Crippen LogP contribution in [0.25, 0.3) is 0 Å². The molecule has 1 amide bonds. The van der Waals surface area contributed by atoms with Crippen molar-refractivity contribution in [1.29, 1.82) is 0 Å². The molecule has 0 radical (unpaired) electrons. The quantitative estimate of drug-likeness (QED) is 0.686. The molecule has 1 unspecified atom stereocenters. The largest absolute Gasteiger partial charge is 0.444 e. The van der Waals surface area contributed by atoms with Crippen LogP contribution in [0.5, 0.6) is 0 Å². The maximum absolute atomic E-state index is 14.2. The van der Waals surface area contributed by atoms with Gasteiger partial charge in [-0.2, -0.15) is 0 Å². The molecule has 1 aliphatic rings. The van der Waals surface area contributed by atoms with E-state index in [1.54, 1.807) is 11.0 Å². The van der Waals surface area contributed by atoms with Gasteiger partial charge in [0.15, 0.2) is 0 Å². The van der Waals surface area contributed by atoms with E-state index in [1.165, 1.54) is 6.07 Å². The summed E-state index contributed by atoms with van der Waals surface area (Å²) in [5.41, 5.74) is -0.0676. The van der Waals surface area contributed by atoms with E-state index < -0.39 is 5.60 Å².